The normalized spacial score (nSPS) is 21.0. The third-order valence-corrected chi connectivity index (χ3v) is 6.51. The Balaban J connectivity index is 1.47. The predicted octanol–water partition coefficient (Wildman–Crippen LogP) is 2.99. The number of nitrogens with one attached hydrogen (secondary N) is 2. The molecule has 5 heterocycles. The minimum atomic E-state index is 0.0937. The molecule has 6 rings (SSSR count). The zero-order chi connectivity index (χ0) is 22.4. The minimum Gasteiger partial charge on any atom is -0.377 e. The first-order valence-corrected chi connectivity index (χ1v) is 11.3. The van der Waals surface area contributed by atoms with Gasteiger partial charge in [0.05, 0.1) is 31.5 Å². The van der Waals surface area contributed by atoms with E-state index in [9.17, 15) is 4.79 Å². The number of aromatic amines is 1. The number of H-pyrrole nitrogens is 1. The van der Waals surface area contributed by atoms with E-state index in [0.29, 0.717) is 25.5 Å². The van der Waals surface area contributed by atoms with Crippen molar-refractivity contribution in [1.29, 1.82) is 0 Å². The average Bonchev–Trinajstić information content (AvgIpc) is 3.59. The molecule has 0 spiro atoms. The Morgan fingerprint density at radius 2 is 2.03 bits per heavy atom. The summed E-state index contributed by atoms with van der Waals surface area (Å²) < 4.78 is 7.41. The van der Waals surface area contributed by atoms with Crippen molar-refractivity contribution in [3.63, 3.8) is 0 Å². The van der Waals surface area contributed by atoms with Crippen molar-refractivity contribution < 1.29 is 9.53 Å². The van der Waals surface area contributed by atoms with Gasteiger partial charge in [-0.15, -0.1) is 0 Å². The van der Waals surface area contributed by atoms with Gasteiger partial charge in [-0.1, -0.05) is 24.3 Å². The molecule has 2 saturated heterocycles. The molecular formula is C24H25N7O2. The molecule has 2 fully saturated rings. The van der Waals surface area contributed by atoms with Gasteiger partial charge in [0.1, 0.15) is 5.82 Å². The number of carbonyl (C=O) groups is 1. The summed E-state index contributed by atoms with van der Waals surface area (Å²) >= 11 is 0. The number of aromatic nitrogens is 5. The Kier molecular flexibility index (Phi) is 4.83. The fourth-order valence-electron chi connectivity index (χ4n) is 4.74. The fraction of sp³-hybridized carbons (Fsp3) is 0.333. The summed E-state index contributed by atoms with van der Waals surface area (Å²) in [6.07, 6.45) is 5.06. The van der Waals surface area contributed by atoms with Crippen molar-refractivity contribution in [2.45, 2.75) is 31.8 Å². The second kappa shape index (κ2) is 8.00. The Morgan fingerprint density at radius 3 is 2.76 bits per heavy atom. The molecule has 2 aliphatic rings. The number of anilines is 1. The van der Waals surface area contributed by atoms with Gasteiger partial charge in [0.2, 0.25) is 5.91 Å². The highest BCUT2D eigenvalue weighted by Crippen LogP contribution is 2.34. The third kappa shape index (κ3) is 3.54. The lowest BCUT2D eigenvalue weighted by molar-refractivity contribution is -0.119. The molecule has 1 aromatic carbocycles. The zero-order valence-electron chi connectivity index (χ0n) is 18.4. The topological polar surface area (TPSA) is 101 Å². The van der Waals surface area contributed by atoms with E-state index >= 15 is 0 Å². The Morgan fingerprint density at radius 1 is 1.15 bits per heavy atom. The van der Waals surface area contributed by atoms with Gasteiger partial charge in [-0.3, -0.25) is 9.89 Å². The number of nitrogens with zero attached hydrogens (tertiary/aromatic N) is 5. The van der Waals surface area contributed by atoms with Crippen LogP contribution in [0.2, 0.25) is 0 Å². The van der Waals surface area contributed by atoms with Crippen LogP contribution in [0.5, 0.6) is 0 Å². The van der Waals surface area contributed by atoms with Crippen molar-refractivity contribution in [2.24, 2.45) is 0 Å². The maximum absolute atomic E-state index is 11.6. The van der Waals surface area contributed by atoms with Crippen molar-refractivity contribution in [1.82, 2.24) is 30.3 Å². The summed E-state index contributed by atoms with van der Waals surface area (Å²) in [5.74, 6) is 1.72. The van der Waals surface area contributed by atoms with Gasteiger partial charge in [0, 0.05) is 30.6 Å². The molecule has 2 N–H and O–H groups in total. The maximum atomic E-state index is 11.6. The smallest absolute Gasteiger partial charge is 0.220 e. The third-order valence-electron chi connectivity index (χ3n) is 6.51. The SMILES string of the molecule is C[C@@H]1COCCN1c1cc(-c2ccc(C3CCC(=O)N3)cc2)c2cnn(-c3cc[nH]n3)c2n1. The highest BCUT2D eigenvalue weighted by atomic mass is 16.5. The first kappa shape index (κ1) is 19.9. The van der Waals surface area contributed by atoms with Gasteiger partial charge in [-0.25, -0.2) is 4.98 Å². The number of carbonyl (C=O) groups excluding carboxylic acids is 1. The molecule has 1 unspecified atom stereocenters. The lowest BCUT2D eigenvalue weighted by Gasteiger charge is -2.34. The molecule has 33 heavy (non-hydrogen) atoms. The van der Waals surface area contributed by atoms with Gasteiger partial charge in [0.25, 0.3) is 0 Å². The van der Waals surface area contributed by atoms with Crippen LogP contribution < -0.4 is 10.2 Å². The predicted molar refractivity (Wildman–Crippen MR) is 124 cm³/mol. The lowest BCUT2D eigenvalue weighted by atomic mass is 9.98. The van der Waals surface area contributed by atoms with Crippen molar-refractivity contribution in [2.75, 3.05) is 24.7 Å². The number of morpholine rings is 1. The molecule has 0 bridgehead atoms. The molecule has 1 amide bonds. The second-order valence-corrected chi connectivity index (χ2v) is 8.65. The molecule has 2 aliphatic heterocycles. The molecule has 0 aliphatic carbocycles. The van der Waals surface area contributed by atoms with Crippen LogP contribution in [0, 0.1) is 0 Å². The van der Waals surface area contributed by atoms with Crippen LogP contribution in [0.25, 0.3) is 28.0 Å². The van der Waals surface area contributed by atoms with E-state index in [1.165, 1.54) is 0 Å². The van der Waals surface area contributed by atoms with Crippen LogP contribution in [-0.2, 0) is 9.53 Å². The van der Waals surface area contributed by atoms with E-state index in [-0.39, 0.29) is 18.0 Å². The zero-order valence-corrected chi connectivity index (χ0v) is 18.4. The maximum Gasteiger partial charge on any atom is 0.220 e. The number of ether oxygens (including phenoxy) is 1. The largest absolute Gasteiger partial charge is 0.377 e. The lowest BCUT2D eigenvalue weighted by Crippen LogP contribution is -2.44. The van der Waals surface area contributed by atoms with Gasteiger partial charge < -0.3 is 15.0 Å². The van der Waals surface area contributed by atoms with Crippen LogP contribution >= 0.6 is 0 Å². The Bertz CT molecular complexity index is 1300. The minimum absolute atomic E-state index is 0.0937. The van der Waals surface area contributed by atoms with E-state index in [4.69, 9.17) is 9.72 Å². The summed E-state index contributed by atoms with van der Waals surface area (Å²) in [6, 6.07) is 12.8. The van der Waals surface area contributed by atoms with Crippen LogP contribution in [0.1, 0.15) is 31.4 Å². The standard InChI is InChI=1S/C24H25N7O2/c1-15-14-33-11-10-30(15)22-12-18(16-2-4-17(5-3-16)20-6-7-23(32)27-20)19-13-26-31(24(19)28-22)21-8-9-25-29-21/h2-5,8-9,12-13,15,20H,6-7,10-11,14H2,1H3,(H,25,29)(H,27,32)/t15-,20?/m1/s1. The Hall–Kier alpha value is -3.72. The summed E-state index contributed by atoms with van der Waals surface area (Å²) in [7, 11) is 0. The number of hydrogen-bond donors (Lipinski definition) is 2. The van der Waals surface area contributed by atoms with Crippen LogP contribution in [0.15, 0.2) is 48.8 Å². The van der Waals surface area contributed by atoms with Crippen molar-refractivity contribution in [3.8, 4) is 16.9 Å². The fourth-order valence-corrected chi connectivity index (χ4v) is 4.74. The van der Waals surface area contributed by atoms with Crippen LogP contribution in [-0.4, -0.2) is 56.7 Å². The monoisotopic (exact) mass is 443 g/mol. The van der Waals surface area contributed by atoms with Gasteiger partial charge in [-0.2, -0.15) is 14.9 Å². The van der Waals surface area contributed by atoms with E-state index in [0.717, 1.165) is 46.5 Å². The summed E-state index contributed by atoms with van der Waals surface area (Å²) in [6.45, 7) is 4.30. The van der Waals surface area contributed by atoms with Gasteiger partial charge >= 0.3 is 0 Å². The second-order valence-electron chi connectivity index (χ2n) is 8.65. The molecule has 4 aromatic rings. The van der Waals surface area contributed by atoms with Crippen LogP contribution in [0.3, 0.4) is 0 Å². The summed E-state index contributed by atoms with van der Waals surface area (Å²) in [5, 5.41) is 15.8. The average molecular weight is 444 g/mol. The highest BCUT2D eigenvalue weighted by Gasteiger charge is 2.25. The van der Waals surface area contributed by atoms with E-state index in [1.54, 1.807) is 10.9 Å². The van der Waals surface area contributed by atoms with E-state index < -0.39 is 0 Å². The molecule has 9 nitrogen and oxygen atoms in total. The molecule has 168 valence electrons. The molecule has 2 atom stereocenters. The number of pyridine rings is 1. The number of benzene rings is 1. The first-order valence-electron chi connectivity index (χ1n) is 11.3. The molecule has 9 heteroatoms. The number of amides is 1. The number of rotatable bonds is 4. The van der Waals surface area contributed by atoms with Crippen molar-refractivity contribution >= 4 is 22.8 Å². The number of hydrogen-bond acceptors (Lipinski definition) is 6. The molecular weight excluding hydrogens is 418 g/mol. The summed E-state index contributed by atoms with van der Waals surface area (Å²) in [5.41, 5.74) is 4.04. The van der Waals surface area contributed by atoms with Gasteiger partial charge in [-0.05, 0) is 36.1 Å². The number of fused-ring (bicyclic) bond motifs is 1. The quantitative estimate of drug-likeness (QED) is 0.503. The Labute approximate surface area is 190 Å². The van der Waals surface area contributed by atoms with E-state index in [2.05, 4.69) is 62.8 Å². The van der Waals surface area contributed by atoms with Crippen molar-refractivity contribution in [3.05, 3.63) is 54.4 Å². The van der Waals surface area contributed by atoms with E-state index in [1.807, 2.05) is 12.3 Å². The summed E-state index contributed by atoms with van der Waals surface area (Å²) in [4.78, 5) is 18.9. The molecule has 0 saturated carbocycles. The first-order chi connectivity index (χ1) is 16.2. The molecule has 0 radical (unpaired) electrons. The highest BCUT2D eigenvalue weighted by molar-refractivity contribution is 5.95. The molecule has 3 aromatic heterocycles. The van der Waals surface area contributed by atoms with Crippen LogP contribution in [0.4, 0.5) is 5.82 Å². The van der Waals surface area contributed by atoms with Gasteiger partial charge in [0.15, 0.2) is 11.5 Å².